The van der Waals surface area contributed by atoms with Crippen LogP contribution in [0, 0.1) is 3.57 Å². The fourth-order valence-corrected chi connectivity index (χ4v) is 2.82. The summed E-state index contributed by atoms with van der Waals surface area (Å²) in [5.74, 6) is -0.862. The third-order valence-corrected chi connectivity index (χ3v) is 3.80. The van der Waals surface area contributed by atoms with Crippen LogP contribution in [-0.4, -0.2) is 34.6 Å². The van der Waals surface area contributed by atoms with Gasteiger partial charge in [-0.25, -0.2) is 4.79 Å². The number of nitrogens with zero attached hydrogens (tertiary/aromatic N) is 1. The number of hydrogen-bond acceptors (Lipinski definition) is 2. The SMILES string of the molecule is O=C(O)CC1CCCN1C(=O)Nc1cccc(I)c1. The first-order valence-electron chi connectivity index (χ1n) is 6.11. The monoisotopic (exact) mass is 374 g/mol. The van der Waals surface area contributed by atoms with Gasteiger partial charge in [0, 0.05) is 21.8 Å². The van der Waals surface area contributed by atoms with Crippen molar-refractivity contribution >= 4 is 40.3 Å². The molecule has 2 rings (SSSR count). The number of halogens is 1. The summed E-state index contributed by atoms with van der Waals surface area (Å²) >= 11 is 2.18. The van der Waals surface area contributed by atoms with Crippen LogP contribution in [0.1, 0.15) is 19.3 Å². The summed E-state index contributed by atoms with van der Waals surface area (Å²) in [5.41, 5.74) is 0.734. The van der Waals surface area contributed by atoms with E-state index in [4.69, 9.17) is 5.11 Å². The lowest BCUT2D eigenvalue weighted by molar-refractivity contribution is -0.137. The Bertz CT molecular complexity index is 493. The molecule has 6 heteroatoms. The predicted molar refractivity (Wildman–Crippen MR) is 80.2 cm³/mol. The maximum absolute atomic E-state index is 12.1. The standard InChI is InChI=1S/C13H15IN2O3/c14-9-3-1-4-10(7-9)15-13(19)16-6-2-5-11(16)8-12(17)18/h1,3-4,7,11H,2,5-6,8H2,(H,15,19)(H,17,18). The van der Waals surface area contributed by atoms with Gasteiger partial charge in [0.2, 0.25) is 0 Å². The number of anilines is 1. The van der Waals surface area contributed by atoms with Crippen molar-refractivity contribution in [2.75, 3.05) is 11.9 Å². The molecule has 0 aromatic heterocycles. The molecule has 1 aliphatic heterocycles. The van der Waals surface area contributed by atoms with Gasteiger partial charge in [-0.05, 0) is 53.6 Å². The molecular weight excluding hydrogens is 359 g/mol. The highest BCUT2D eigenvalue weighted by atomic mass is 127. The molecule has 102 valence electrons. The lowest BCUT2D eigenvalue weighted by Gasteiger charge is -2.23. The first kappa shape index (κ1) is 14.1. The van der Waals surface area contributed by atoms with Crippen molar-refractivity contribution < 1.29 is 14.7 Å². The van der Waals surface area contributed by atoms with Crippen molar-refractivity contribution in [2.24, 2.45) is 0 Å². The van der Waals surface area contributed by atoms with Crippen molar-refractivity contribution in [3.05, 3.63) is 27.8 Å². The number of nitrogens with one attached hydrogen (secondary N) is 1. The molecule has 1 heterocycles. The van der Waals surface area contributed by atoms with Gasteiger partial charge in [0.15, 0.2) is 0 Å². The van der Waals surface area contributed by atoms with E-state index < -0.39 is 5.97 Å². The zero-order valence-electron chi connectivity index (χ0n) is 10.3. The normalized spacial score (nSPS) is 18.4. The van der Waals surface area contributed by atoms with Gasteiger partial charge in [-0.1, -0.05) is 6.07 Å². The summed E-state index contributed by atoms with van der Waals surface area (Å²) in [6, 6.07) is 7.10. The molecule has 1 unspecified atom stereocenters. The van der Waals surface area contributed by atoms with Gasteiger partial charge in [-0.2, -0.15) is 0 Å². The second-order valence-corrected chi connectivity index (χ2v) is 5.77. The van der Waals surface area contributed by atoms with E-state index in [0.717, 1.165) is 22.1 Å². The number of carbonyl (C=O) groups excluding carboxylic acids is 1. The van der Waals surface area contributed by atoms with Gasteiger partial charge in [-0.15, -0.1) is 0 Å². The molecule has 1 atom stereocenters. The molecule has 19 heavy (non-hydrogen) atoms. The quantitative estimate of drug-likeness (QED) is 0.800. The Kier molecular flexibility index (Phi) is 4.62. The van der Waals surface area contributed by atoms with Crippen molar-refractivity contribution in [1.82, 2.24) is 4.90 Å². The van der Waals surface area contributed by atoms with Gasteiger partial charge >= 0.3 is 12.0 Å². The third-order valence-electron chi connectivity index (χ3n) is 3.12. The van der Waals surface area contributed by atoms with E-state index in [9.17, 15) is 9.59 Å². The van der Waals surface area contributed by atoms with Crippen LogP contribution in [0.3, 0.4) is 0 Å². The number of carboxylic acids is 1. The maximum Gasteiger partial charge on any atom is 0.322 e. The Morgan fingerprint density at radius 3 is 2.95 bits per heavy atom. The van der Waals surface area contributed by atoms with E-state index in [1.165, 1.54) is 0 Å². The largest absolute Gasteiger partial charge is 0.481 e. The molecule has 0 saturated carbocycles. The van der Waals surface area contributed by atoms with Crippen LogP contribution in [0.4, 0.5) is 10.5 Å². The molecule has 0 radical (unpaired) electrons. The molecule has 2 N–H and O–H groups in total. The first-order valence-corrected chi connectivity index (χ1v) is 7.19. The van der Waals surface area contributed by atoms with Gasteiger partial charge < -0.3 is 15.3 Å². The van der Waals surface area contributed by atoms with Crippen LogP contribution in [0.15, 0.2) is 24.3 Å². The van der Waals surface area contributed by atoms with Crippen molar-refractivity contribution in [3.8, 4) is 0 Å². The highest BCUT2D eigenvalue weighted by Crippen LogP contribution is 2.22. The van der Waals surface area contributed by atoms with Crippen LogP contribution >= 0.6 is 22.6 Å². The van der Waals surface area contributed by atoms with Crippen LogP contribution in [0.25, 0.3) is 0 Å². The van der Waals surface area contributed by atoms with Crippen LogP contribution in [0.5, 0.6) is 0 Å². The lowest BCUT2D eigenvalue weighted by atomic mass is 10.1. The van der Waals surface area contributed by atoms with Gasteiger partial charge in [0.25, 0.3) is 0 Å². The zero-order valence-corrected chi connectivity index (χ0v) is 12.5. The Labute approximate surface area is 125 Å². The molecule has 0 bridgehead atoms. The van der Waals surface area contributed by atoms with Crippen LogP contribution in [-0.2, 0) is 4.79 Å². The van der Waals surface area contributed by atoms with Crippen molar-refractivity contribution in [2.45, 2.75) is 25.3 Å². The Morgan fingerprint density at radius 2 is 2.26 bits per heavy atom. The molecule has 1 aromatic rings. The number of hydrogen-bond donors (Lipinski definition) is 2. The van der Waals surface area contributed by atoms with Gasteiger partial charge in [0.05, 0.1) is 6.42 Å². The predicted octanol–water partition coefficient (Wildman–Crippen LogP) is 2.76. The molecule has 1 aliphatic rings. The molecule has 1 fully saturated rings. The fourth-order valence-electron chi connectivity index (χ4n) is 2.28. The highest BCUT2D eigenvalue weighted by Gasteiger charge is 2.30. The molecule has 0 spiro atoms. The molecule has 5 nitrogen and oxygen atoms in total. The lowest BCUT2D eigenvalue weighted by Crippen LogP contribution is -2.39. The highest BCUT2D eigenvalue weighted by molar-refractivity contribution is 14.1. The average Bonchev–Trinajstić information content (AvgIpc) is 2.76. The Balaban J connectivity index is 2.01. The number of benzene rings is 1. The third kappa shape index (κ3) is 3.82. The second kappa shape index (κ2) is 6.23. The van der Waals surface area contributed by atoms with E-state index in [-0.39, 0.29) is 18.5 Å². The Morgan fingerprint density at radius 1 is 1.47 bits per heavy atom. The minimum Gasteiger partial charge on any atom is -0.481 e. The number of rotatable bonds is 3. The number of carboxylic acid groups (broad SMARTS) is 1. The minimum absolute atomic E-state index is 0.0136. The van der Waals surface area contributed by atoms with E-state index in [1.54, 1.807) is 4.90 Å². The van der Waals surface area contributed by atoms with Gasteiger partial charge in [-0.3, -0.25) is 4.79 Å². The summed E-state index contributed by atoms with van der Waals surface area (Å²) in [6.45, 7) is 0.619. The molecule has 1 aromatic carbocycles. The molecule has 0 aliphatic carbocycles. The van der Waals surface area contributed by atoms with E-state index in [1.807, 2.05) is 24.3 Å². The first-order chi connectivity index (χ1) is 9.06. The summed E-state index contributed by atoms with van der Waals surface area (Å²) in [7, 11) is 0. The summed E-state index contributed by atoms with van der Waals surface area (Å²) < 4.78 is 1.04. The summed E-state index contributed by atoms with van der Waals surface area (Å²) in [4.78, 5) is 24.5. The number of urea groups is 1. The molecule has 2 amide bonds. The van der Waals surface area contributed by atoms with Gasteiger partial charge in [0.1, 0.15) is 0 Å². The molecular formula is C13H15IN2O3. The maximum atomic E-state index is 12.1. The number of amides is 2. The topological polar surface area (TPSA) is 69.6 Å². The number of carbonyl (C=O) groups is 2. The van der Waals surface area contributed by atoms with Crippen molar-refractivity contribution in [1.29, 1.82) is 0 Å². The van der Waals surface area contributed by atoms with Crippen LogP contribution in [0.2, 0.25) is 0 Å². The summed E-state index contributed by atoms with van der Waals surface area (Å²) in [5, 5.41) is 11.7. The smallest absolute Gasteiger partial charge is 0.322 e. The molecule has 1 saturated heterocycles. The zero-order chi connectivity index (χ0) is 13.8. The average molecular weight is 374 g/mol. The van der Waals surface area contributed by atoms with E-state index in [0.29, 0.717) is 6.54 Å². The van der Waals surface area contributed by atoms with Crippen molar-refractivity contribution in [3.63, 3.8) is 0 Å². The second-order valence-electron chi connectivity index (χ2n) is 4.53. The van der Waals surface area contributed by atoms with E-state index in [2.05, 4.69) is 27.9 Å². The number of aliphatic carboxylic acids is 1. The Hall–Kier alpha value is -1.31. The summed E-state index contributed by atoms with van der Waals surface area (Å²) in [6.07, 6.45) is 1.63. The van der Waals surface area contributed by atoms with Crippen LogP contribution < -0.4 is 5.32 Å². The number of likely N-dealkylation sites (tertiary alicyclic amines) is 1. The minimum atomic E-state index is -0.862. The van der Waals surface area contributed by atoms with E-state index >= 15 is 0 Å². The fraction of sp³-hybridized carbons (Fsp3) is 0.385.